The standard InChI is InChI=1S/C19H41N5O.HI/c1-7-20-19(23(6)17-18(25)24(8-2)9-3)21-15-13-11-10-12-14-16-22(4)5;/h7-17H2,1-6H3,(H,20,21);1H. The summed E-state index contributed by atoms with van der Waals surface area (Å²) < 4.78 is 0. The van der Waals surface area contributed by atoms with E-state index in [1.54, 1.807) is 0 Å². The highest BCUT2D eigenvalue weighted by Crippen LogP contribution is 2.04. The zero-order valence-electron chi connectivity index (χ0n) is 17.9. The Morgan fingerprint density at radius 3 is 2.04 bits per heavy atom. The fourth-order valence-electron chi connectivity index (χ4n) is 2.68. The average Bonchev–Trinajstić information content (AvgIpc) is 2.56. The normalized spacial score (nSPS) is 11.3. The minimum Gasteiger partial charge on any atom is -0.357 e. The van der Waals surface area contributed by atoms with E-state index in [1.807, 2.05) is 30.7 Å². The van der Waals surface area contributed by atoms with Crippen molar-refractivity contribution in [1.29, 1.82) is 0 Å². The first-order chi connectivity index (χ1) is 12.0. The number of aliphatic imine (C=N–C) groups is 1. The number of unbranched alkanes of at least 4 members (excludes halogenated alkanes) is 4. The van der Waals surface area contributed by atoms with Crippen LogP contribution < -0.4 is 5.32 Å². The molecule has 0 saturated carbocycles. The molecule has 0 aliphatic rings. The number of halogens is 1. The molecule has 7 heteroatoms. The molecule has 0 fully saturated rings. The number of nitrogens with zero attached hydrogens (tertiary/aromatic N) is 4. The molecule has 156 valence electrons. The molecule has 0 aliphatic heterocycles. The minimum atomic E-state index is 0. The first kappa shape index (κ1) is 27.6. The third kappa shape index (κ3) is 13.6. The fraction of sp³-hybridized carbons (Fsp3) is 0.895. The molecule has 0 unspecified atom stereocenters. The molecule has 1 N–H and O–H groups in total. The fourth-order valence-corrected chi connectivity index (χ4v) is 2.68. The van der Waals surface area contributed by atoms with Gasteiger partial charge in [-0.15, -0.1) is 24.0 Å². The molecule has 0 saturated heterocycles. The van der Waals surface area contributed by atoms with Crippen molar-refractivity contribution in [3.05, 3.63) is 0 Å². The zero-order valence-corrected chi connectivity index (χ0v) is 20.2. The van der Waals surface area contributed by atoms with Gasteiger partial charge < -0.3 is 20.0 Å². The quantitative estimate of drug-likeness (QED) is 0.190. The highest BCUT2D eigenvalue weighted by Gasteiger charge is 2.14. The van der Waals surface area contributed by atoms with Crippen molar-refractivity contribution < 1.29 is 4.79 Å². The van der Waals surface area contributed by atoms with Crippen LogP contribution in [0.2, 0.25) is 0 Å². The molecule has 1 amide bonds. The first-order valence-corrected chi connectivity index (χ1v) is 9.88. The maximum absolute atomic E-state index is 12.2. The Hall–Kier alpha value is -0.570. The molecule has 26 heavy (non-hydrogen) atoms. The second-order valence-electron chi connectivity index (χ2n) is 6.73. The van der Waals surface area contributed by atoms with Crippen molar-refractivity contribution >= 4 is 35.8 Å². The van der Waals surface area contributed by atoms with Gasteiger partial charge >= 0.3 is 0 Å². The Labute approximate surface area is 178 Å². The summed E-state index contributed by atoms with van der Waals surface area (Å²) in [5.41, 5.74) is 0. The highest BCUT2D eigenvalue weighted by atomic mass is 127. The van der Waals surface area contributed by atoms with Gasteiger partial charge in [-0.2, -0.15) is 0 Å². The van der Waals surface area contributed by atoms with Crippen LogP contribution in [0.15, 0.2) is 4.99 Å². The summed E-state index contributed by atoms with van der Waals surface area (Å²) in [6.07, 6.45) is 6.17. The largest absolute Gasteiger partial charge is 0.357 e. The van der Waals surface area contributed by atoms with Gasteiger partial charge in [-0.1, -0.05) is 19.3 Å². The van der Waals surface area contributed by atoms with Crippen LogP contribution in [0.4, 0.5) is 0 Å². The van der Waals surface area contributed by atoms with Gasteiger partial charge in [0.05, 0.1) is 6.54 Å². The molecule has 0 radical (unpaired) electrons. The highest BCUT2D eigenvalue weighted by molar-refractivity contribution is 14.0. The summed E-state index contributed by atoms with van der Waals surface area (Å²) in [4.78, 5) is 22.9. The molecule has 0 bridgehead atoms. The SMILES string of the molecule is CCNC(=NCCCCCCCN(C)C)N(C)CC(=O)N(CC)CC.I. The van der Waals surface area contributed by atoms with Crippen LogP contribution in [0, 0.1) is 0 Å². The van der Waals surface area contributed by atoms with Crippen molar-refractivity contribution in [2.75, 3.05) is 60.4 Å². The summed E-state index contributed by atoms with van der Waals surface area (Å²) in [5, 5.41) is 3.29. The van der Waals surface area contributed by atoms with E-state index in [-0.39, 0.29) is 29.9 Å². The summed E-state index contributed by atoms with van der Waals surface area (Å²) in [6, 6.07) is 0. The van der Waals surface area contributed by atoms with Crippen LogP contribution in [0.5, 0.6) is 0 Å². The Morgan fingerprint density at radius 1 is 0.923 bits per heavy atom. The van der Waals surface area contributed by atoms with Crippen molar-refractivity contribution in [3.63, 3.8) is 0 Å². The molecule has 0 atom stereocenters. The van der Waals surface area contributed by atoms with E-state index in [4.69, 9.17) is 0 Å². The molecule has 0 heterocycles. The maximum atomic E-state index is 12.2. The Balaban J connectivity index is 0. The van der Waals surface area contributed by atoms with E-state index in [0.717, 1.165) is 38.6 Å². The van der Waals surface area contributed by atoms with Crippen LogP contribution in [-0.4, -0.2) is 87.0 Å². The predicted molar refractivity (Wildman–Crippen MR) is 124 cm³/mol. The lowest BCUT2D eigenvalue weighted by Crippen LogP contribution is -2.45. The van der Waals surface area contributed by atoms with Gasteiger partial charge in [-0.25, -0.2) is 0 Å². The van der Waals surface area contributed by atoms with Gasteiger partial charge in [-0.05, 0) is 54.3 Å². The van der Waals surface area contributed by atoms with Gasteiger partial charge in [0.15, 0.2) is 5.96 Å². The predicted octanol–water partition coefficient (Wildman–Crippen LogP) is 2.88. The second-order valence-corrected chi connectivity index (χ2v) is 6.73. The molecular formula is C19H42IN5O. The number of rotatable bonds is 13. The Morgan fingerprint density at radius 2 is 1.50 bits per heavy atom. The molecule has 6 nitrogen and oxygen atoms in total. The first-order valence-electron chi connectivity index (χ1n) is 9.88. The topological polar surface area (TPSA) is 51.2 Å². The number of guanidine groups is 1. The van der Waals surface area contributed by atoms with Crippen molar-refractivity contribution in [2.45, 2.75) is 52.9 Å². The van der Waals surface area contributed by atoms with E-state index >= 15 is 0 Å². The summed E-state index contributed by atoms with van der Waals surface area (Å²) in [7, 11) is 6.18. The van der Waals surface area contributed by atoms with Crippen LogP contribution >= 0.6 is 24.0 Å². The third-order valence-corrected chi connectivity index (χ3v) is 4.21. The lowest BCUT2D eigenvalue weighted by Gasteiger charge is -2.25. The van der Waals surface area contributed by atoms with Gasteiger partial charge in [0.1, 0.15) is 0 Å². The number of carbonyl (C=O) groups is 1. The zero-order chi connectivity index (χ0) is 19.1. The van der Waals surface area contributed by atoms with E-state index in [9.17, 15) is 4.79 Å². The Kier molecular flexibility index (Phi) is 19.0. The van der Waals surface area contributed by atoms with Crippen LogP contribution in [0.1, 0.15) is 52.9 Å². The van der Waals surface area contributed by atoms with Gasteiger partial charge in [0, 0.05) is 33.2 Å². The van der Waals surface area contributed by atoms with E-state index in [0.29, 0.717) is 6.54 Å². The average molecular weight is 483 g/mol. The van der Waals surface area contributed by atoms with Crippen LogP contribution in [-0.2, 0) is 4.79 Å². The van der Waals surface area contributed by atoms with E-state index < -0.39 is 0 Å². The number of carbonyl (C=O) groups excluding carboxylic acids is 1. The van der Waals surface area contributed by atoms with E-state index in [1.165, 1.54) is 32.2 Å². The lowest BCUT2D eigenvalue weighted by molar-refractivity contribution is -0.131. The summed E-state index contributed by atoms with van der Waals surface area (Å²) >= 11 is 0. The third-order valence-electron chi connectivity index (χ3n) is 4.21. The lowest BCUT2D eigenvalue weighted by atomic mass is 10.1. The molecule has 0 aliphatic carbocycles. The second kappa shape index (κ2) is 17.8. The number of nitrogens with one attached hydrogen (secondary N) is 1. The number of amides is 1. The summed E-state index contributed by atoms with van der Waals surface area (Å²) in [5.74, 6) is 0.981. The Bertz CT molecular complexity index is 373. The van der Waals surface area contributed by atoms with Gasteiger partial charge in [-0.3, -0.25) is 9.79 Å². The molecule has 0 rings (SSSR count). The van der Waals surface area contributed by atoms with Crippen LogP contribution in [0.3, 0.4) is 0 Å². The molecule has 0 aromatic heterocycles. The molecule has 0 aromatic carbocycles. The van der Waals surface area contributed by atoms with E-state index in [2.05, 4.69) is 36.2 Å². The molecular weight excluding hydrogens is 441 g/mol. The van der Waals surface area contributed by atoms with Crippen LogP contribution in [0.25, 0.3) is 0 Å². The van der Waals surface area contributed by atoms with Gasteiger partial charge in [0.2, 0.25) is 5.91 Å². The van der Waals surface area contributed by atoms with Crippen molar-refractivity contribution in [2.24, 2.45) is 4.99 Å². The number of hydrogen-bond donors (Lipinski definition) is 1. The number of hydrogen-bond acceptors (Lipinski definition) is 3. The number of likely N-dealkylation sites (N-methyl/N-ethyl adjacent to an activating group) is 2. The van der Waals surface area contributed by atoms with Crippen molar-refractivity contribution in [3.8, 4) is 0 Å². The monoisotopic (exact) mass is 483 g/mol. The van der Waals surface area contributed by atoms with Crippen molar-refractivity contribution in [1.82, 2.24) is 20.0 Å². The summed E-state index contributed by atoms with van der Waals surface area (Å²) in [6.45, 7) is 10.8. The minimum absolute atomic E-state index is 0. The smallest absolute Gasteiger partial charge is 0.242 e. The molecule has 0 spiro atoms. The maximum Gasteiger partial charge on any atom is 0.242 e. The van der Waals surface area contributed by atoms with Gasteiger partial charge in [0.25, 0.3) is 0 Å². The molecule has 0 aromatic rings.